The molecule has 1 N–H and O–H groups in total. The van der Waals surface area contributed by atoms with Gasteiger partial charge in [0.2, 0.25) is 0 Å². The van der Waals surface area contributed by atoms with Gasteiger partial charge in [-0.2, -0.15) is 5.10 Å². The van der Waals surface area contributed by atoms with Gasteiger partial charge >= 0.3 is 0 Å². The Kier molecular flexibility index (Phi) is 7.68. The molecule has 7 heteroatoms. The van der Waals surface area contributed by atoms with E-state index in [-0.39, 0.29) is 5.92 Å². The zero-order valence-electron chi connectivity index (χ0n) is 15.0. The molecule has 2 saturated heterocycles. The second-order valence-electron chi connectivity index (χ2n) is 6.31. The molecule has 2 aliphatic rings. The van der Waals surface area contributed by atoms with E-state index in [2.05, 4.69) is 40.5 Å². The van der Waals surface area contributed by atoms with Crippen molar-refractivity contribution in [2.45, 2.75) is 13.3 Å². The van der Waals surface area contributed by atoms with Crippen molar-refractivity contribution in [2.24, 2.45) is 5.92 Å². The first-order valence-electron chi connectivity index (χ1n) is 8.60. The van der Waals surface area contributed by atoms with E-state index in [9.17, 15) is 4.79 Å². The van der Waals surface area contributed by atoms with Crippen LogP contribution in [-0.4, -0.2) is 72.7 Å². The SMILES string of the molecule is C=C(Cl)/C=c1/[nH]nc/c1=C(/CC)N1CCN(C)CC1.O=CC1COC1. The smallest absolute Gasteiger partial charge is 0.127 e. The molecule has 0 aromatic carbocycles. The van der Waals surface area contributed by atoms with Crippen molar-refractivity contribution in [1.82, 2.24) is 20.0 Å². The van der Waals surface area contributed by atoms with Gasteiger partial charge in [-0.25, -0.2) is 0 Å². The van der Waals surface area contributed by atoms with Gasteiger partial charge in [-0.1, -0.05) is 25.1 Å². The second-order valence-corrected chi connectivity index (χ2v) is 6.80. The van der Waals surface area contributed by atoms with E-state index in [4.69, 9.17) is 16.3 Å². The molecule has 0 aliphatic carbocycles. The number of aldehydes is 1. The van der Waals surface area contributed by atoms with Gasteiger partial charge < -0.3 is 19.3 Å². The van der Waals surface area contributed by atoms with Gasteiger partial charge in [-0.05, 0) is 19.5 Å². The molecule has 0 atom stereocenters. The number of H-pyrrole nitrogens is 1. The van der Waals surface area contributed by atoms with E-state index in [0.717, 1.165) is 49.5 Å². The van der Waals surface area contributed by atoms with Gasteiger partial charge in [-0.3, -0.25) is 5.10 Å². The zero-order valence-corrected chi connectivity index (χ0v) is 15.8. The van der Waals surface area contributed by atoms with Gasteiger partial charge in [0, 0.05) is 42.1 Å². The minimum Gasteiger partial charge on any atom is -0.380 e. The average molecular weight is 367 g/mol. The molecule has 3 rings (SSSR count). The van der Waals surface area contributed by atoms with Crippen molar-refractivity contribution < 1.29 is 9.53 Å². The number of piperazine rings is 1. The molecular weight excluding hydrogens is 340 g/mol. The first-order chi connectivity index (χ1) is 12.0. The molecule has 1 aromatic rings. The summed E-state index contributed by atoms with van der Waals surface area (Å²) >= 11 is 5.87. The summed E-state index contributed by atoms with van der Waals surface area (Å²) in [5.74, 6) is 0.213. The fraction of sp³-hybridized carbons (Fsp3) is 0.556. The van der Waals surface area contributed by atoms with Gasteiger partial charge in [-0.15, -0.1) is 0 Å². The fourth-order valence-electron chi connectivity index (χ4n) is 2.79. The van der Waals surface area contributed by atoms with E-state index in [1.807, 2.05) is 12.3 Å². The summed E-state index contributed by atoms with van der Waals surface area (Å²) < 4.78 is 4.69. The van der Waals surface area contributed by atoms with Crippen LogP contribution in [-0.2, 0) is 9.53 Å². The minimum atomic E-state index is 0.213. The third-order valence-corrected chi connectivity index (χ3v) is 4.47. The molecule has 2 fully saturated rings. The largest absolute Gasteiger partial charge is 0.380 e. The predicted octanol–water partition coefficient (Wildman–Crippen LogP) is 0.540. The van der Waals surface area contributed by atoms with E-state index >= 15 is 0 Å². The molecule has 3 heterocycles. The zero-order chi connectivity index (χ0) is 18.2. The molecule has 0 radical (unpaired) electrons. The summed E-state index contributed by atoms with van der Waals surface area (Å²) in [4.78, 5) is 14.5. The van der Waals surface area contributed by atoms with Gasteiger partial charge in [0.15, 0.2) is 0 Å². The molecule has 0 bridgehead atoms. The monoisotopic (exact) mass is 366 g/mol. The number of aromatic nitrogens is 2. The second kappa shape index (κ2) is 9.75. The molecule has 25 heavy (non-hydrogen) atoms. The Balaban J connectivity index is 0.000000316. The predicted molar refractivity (Wildman–Crippen MR) is 100 cm³/mol. The highest BCUT2D eigenvalue weighted by molar-refractivity contribution is 6.33. The third kappa shape index (κ3) is 5.70. The highest BCUT2D eigenvalue weighted by Gasteiger charge is 2.16. The van der Waals surface area contributed by atoms with Crippen LogP contribution in [0.1, 0.15) is 13.3 Å². The van der Waals surface area contributed by atoms with Gasteiger partial charge in [0.05, 0.1) is 30.7 Å². The van der Waals surface area contributed by atoms with E-state index < -0.39 is 0 Å². The lowest BCUT2D eigenvalue weighted by molar-refractivity contribution is -0.123. The van der Waals surface area contributed by atoms with Crippen LogP contribution in [0.5, 0.6) is 0 Å². The van der Waals surface area contributed by atoms with Gasteiger partial charge in [0.25, 0.3) is 0 Å². The maximum atomic E-state index is 9.71. The van der Waals surface area contributed by atoms with E-state index in [0.29, 0.717) is 18.2 Å². The maximum Gasteiger partial charge on any atom is 0.127 e. The number of carbonyl (C=O) groups is 1. The number of aromatic amines is 1. The molecule has 6 nitrogen and oxygen atoms in total. The van der Waals surface area contributed by atoms with Crippen molar-refractivity contribution in [2.75, 3.05) is 46.4 Å². The lowest BCUT2D eigenvalue weighted by atomic mass is 10.1. The number of nitrogens with one attached hydrogen (secondary N) is 1. The van der Waals surface area contributed by atoms with Crippen LogP contribution in [0.4, 0.5) is 0 Å². The number of allylic oxidation sites excluding steroid dienone is 1. The molecule has 2 aliphatic heterocycles. The lowest BCUT2D eigenvalue weighted by Crippen LogP contribution is -2.45. The lowest BCUT2D eigenvalue weighted by Gasteiger charge is -2.35. The van der Waals surface area contributed by atoms with E-state index in [1.165, 1.54) is 5.70 Å². The van der Waals surface area contributed by atoms with Crippen LogP contribution in [0.2, 0.25) is 0 Å². The Morgan fingerprint density at radius 3 is 2.56 bits per heavy atom. The first kappa shape index (κ1) is 19.7. The first-order valence-corrected chi connectivity index (χ1v) is 8.98. The quantitative estimate of drug-likeness (QED) is 0.788. The standard InChI is InChI=1S/C14H21ClN4.C4H6O2/c1-4-14(19-7-5-18(3)6-8-19)12-10-16-17-13(12)9-11(2)15;5-1-4-2-6-3-4/h9-10,17H,2,4-8H2,1,3H3;1,4H,2-3H2/b13-9+,14-12+;. The Bertz CT molecular complexity index is 688. The Morgan fingerprint density at radius 1 is 1.44 bits per heavy atom. The van der Waals surface area contributed by atoms with Crippen molar-refractivity contribution in [3.8, 4) is 0 Å². The summed E-state index contributed by atoms with van der Waals surface area (Å²) in [5.41, 5.74) is 1.33. The van der Waals surface area contributed by atoms with E-state index in [1.54, 1.807) is 0 Å². The van der Waals surface area contributed by atoms with Crippen molar-refractivity contribution in [1.29, 1.82) is 0 Å². The molecule has 0 saturated carbocycles. The van der Waals surface area contributed by atoms with Crippen LogP contribution >= 0.6 is 11.6 Å². The third-order valence-electron chi connectivity index (χ3n) is 4.36. The molecule has 0 spiro atoms. The topological polar surface area (TPSA) is 61.5 Å². The number of hydrogen-bond acceptors (Lipinski definition) is 5. The summed E-state index contributed by atoms with van der Waals surface area (Å²) in [5, 5.41) is 9.72. The van der Waals surface area contributed by atoms with Crippen LogP contribution < -0.4 is 10.6 Å². The number of halogens is 1. The molecule has 138 valence electrons. The molecule has 0 amide bonds. The number of rotatable bonds is 4. The number of carbonyl (C=O) groups excluding carboxylic acids is 1. The Labute approximate surface area is 153 Å². The summed E-state index contributed by atoms with van der Waals surface area (Å²) in [6.07, 6.45) is 5.63. The van der Waals surface area contributed by atoms with Crippen LogP contribution in [0.15, 0.2) is 17.8 Å². The normalized spacial score (nSPS) is 20.4. The minimum absolute atomic E-state index is 0.213. The number of hydrogen-bond donors (Lipinski definition) is 1. The van der Waals surface area contributed by atoms with Crippen LogP contribution in [0.3, 0.4) is 0 Å². The van der Waals surface area contributed by atoms with Crippen molar-refractivity contribution >= 4 is 29.7 Å². The van der Waals surface area contributed by atoms with Crippen molar-refractivity contribution in [3.63, 3.8) is 0 Å². The molecular formula is C18H27ClN4O2. The van der Waals surface area contributed by atoms with Gasteiger partial charge in [0.1, 0.15) is 6.29 Å². The Morgan fingerprint density at radius 2 is 2.12 bits per heavy atom. The van der Waals surface area contributed by atoms with Crippen molar-refractivity contribution in [3.05, 3.63) is 28.4 Å². The summed E-state index contributed by atoms with van der Waals surface area (Å²) in [7, 11) is 2.16. The fourth-order valence-corrected chi connectivity index (χ4v) is 2.90. The number of nitrogens with zero attached hydrogens (tertiary/aromatic N) is 3. The number of likely N-dealkylation sites (N-methyl/N-ethyl adjacent to an activating group) is 1. The van der Waals surface area contributed by atoms with Crippen LogP contribution in [0, 0.1) is 5.92 Å². The molecule has 0 unspecified atom stereocenters. The number of ether oxygens (including phenoxy) is 1. The Hall–Kier alpha value is -1.63. The highest BCUT2D eigenvalue weighted by Crippen LogP contribution is 2.11. The molecule has 1 aromatic heterocycles. The van der Waals surface area contributed by atoms with Crippen LogP contribution in [0.25, 0.3) is 11.8 Å². The average Bonchev–Trinajstić information content (AvgIpc) is 2.97. The summed E-state index contributed by atoms with van der Waals surface area (Å²) in [6, 6.07) is 0. The highest BCUT2D eigenvalue weighted by atomic mass is 35.5. The maximum absolute atomic E-state index is 9.71. The summed E-state index contributed by atoms with van der Waals surface area (Å²) in [6.45, 7) is 11.5.